The minimum atomic E-state index is -4.13. The number of carbonyl (C=O) groups is 1. The molecule has 0 saturated heterocycles. The zero-order valence-electron chi connectivity index (χ0n) is 16.8. The first-order valence-electron chi connectivity index (χ1n) is 9.40. The molecule has 0 bridgehead atoms. The largest absolute Gasteiger partial charge is 0.488 e. The van der Waals surface area contributed by atoms with Crippen molar-refractivity contribution in [3.8, 4) is 5.75 Å². The summed E-state index contributed by atoms with van der Waals surface area (Å²) in [5.74, 6) is 0.0743. The maximum absolute atomic E-state index is 13.0. The van der Waals surface area contributed by atoms with Crippen molar-refractivity contribution in [1.29, 1.82) is 0 Å². The fourth-order valence-electron chi connectivity index (χ4n) is 3.20. The van der Waals surface area contributed by atoms with Crippen LogP contribution >= 0.6 is 0 Å². The van der Waals surface area contributed by atoms with Crippen molar-refractivity contribution in [2.45, 2.75) is 25.3 Å². The van der Waals surface area contributed by atoms with Gasteiger partial charge in [0.25, 0.3) is 15.9 Å². The van der Waals surface area contributed by atoms with Crippen LogP contribution in [0.2, 0.25) is 0 Å². The SMILES string of the molecule is Cc1noc(C)c1COc1ccccc1C(=O)NS(=O)(=O)c1cccc2cnccc12. The molecule has 4 aromatic rings. The first-order valence-corrected chi connectivity index (χ1v) is 10.9. The summed E-state index contributed by atoms with van der Waals surface area (Å²) >= 11 is 0. The van der Waals surface area contributed by atoms with Crippen LogP contribution in [0.1, 0.15) is 27.4 Å². The number of aromatic nitrogens is 2. The van der Waals surface area contributed by atoms with Gasteiger partial charge in [-0.25, -0.2) is 13.1 Å². The van der Waals surface area contributed by atoms with Crippen LogP contribution in [0.15, 0.2) is 70.3 Å². The van der Waals surface area contributed by atoms with Crippen molar-refractivity contribution in [2.75, 3.05) is 0 Å². The Hall–Kier alpha value is -3.72. The molecule has 0 spiro atoms. The number of fused-ring (bicyclic) bond motifs is 1. The van der Waals surface area contributed by atoms with Gasteiger partial charge in [0.05, 0.1) is 21.7 Å². The third-order valence-electron chi connectivity index (χ3n) is 4.84. The molecule has 158 valence electrons. The molecule has 0 fully saturated rings. The quantitative estimate of drug-likeness (QED) is 0.491. The van der Waals surface area contributed by atoms with Gasteiger partial charge in [-0.1, -0.05) is 29.4 Å². The van der Waals surface area contributed by atoms with Crippen LogP contribution < -0.4 is 9.46 Å². The lowest BCUT2D eigenvalue weighted by Gasteiger charge is -2.13. The van der Waals surface area contributed by atoms with E-state index in [0.717, 1.165) is 5.56 Å². The molecule has 0 unspecified atom stereocenters. The highest BCUT2D eigenvalue weighted by Gasteiger charge is 2.23. The third-order valence-corrected chi connectivity index (χ3v) is 6.23. The molecule has 8 nitrogen and oxygen atoms in total. The minimum Gasteiger partial charge on any atom is -0.488 e. The highest BCUT2D eigenvalue weighted by atomic mass is 32.2. The second-order valence-electron chi connectivity index (χ2n) is 6.88. The van der Waals surface area contributed by atoms with E-state index < -0.39 is 15.9 Å². The standard InChI is InChI=1S/C22H19N3O5S/c1-14-19(15(2)30-24-14)13-29-20-8-4-3-7-18(20)22(26)25-31(27,28)21-9-5-6-16-12-23-11-10-17(16)21/h3-12H,13H2,1-2H3,(H,25,26). The number of hydrogen-bond donors (Lipinski definition) is 1. The van der Waals surface area contributed by atoms with E-state index in [1.165, 1.54) is 18.3 Å². The summed E-state index contributed by atoms with van der Waals surface area (Å²) in [6.45, 7) is 3.69. The Morgan fingerprint density at radius 1 is 1.10 bits per heavy atom. The number of rotatable bonds is 6. The fourth-order valence-corrected chi connectivity index (χ4v) is 4.39. The Bertz CT molecular complexity index is 1350. The highest BCUT2D eigenvalue weighted by molar-refractivity contribution is 7.90. The van der Waals surface area contributed by atoms with Gasteiger partial charge in [0, 0.05) is 23.2 Å². The second-order valence-corrected chi connectivity index (χ2v) is 8.53. The summed E-state index contributed by atoms with van der Waals surface area (Å²) < 4.78 is 39.0. The molecular formula is C22H19N3O5S. The molecule has 1 N–H and O–H groups in total. The van der Waals surface area contributed by atoms with Crippen molar-refractivity contribution in [3.05, 3.63) is 83.5 Å². The number of nitrogens with zero attached hydrogens (tertiary/aromatic N) is 2. The molecule has 0 radical (unpaired) electrons. The highest BCUT2D eigenvalue weighted by Crippen LogP contribution is 2.24. The number of para-hydroxylation sites is 1. The van der Waals surface area contributed by atoms with E-state index in [-0.39, 0.29) is 22.8 Å². The van der Waals surface area contributed by atoms with E-state index in [9.17, 15) is 13.2 Å². The zero-order valence-corrected chi connectivity index (χ0v) is 17.6. The summed E-state index contributed by atoms with van der Waals surface area (Å²) in [5, 5.41) is 5.00. The normalized spacial score (nSPS) is 11.4. The number of benzene rings is 2. The van der Waals surface area contributed by atoms with Gasteiger partial charge in [-0.15, -0.1) is 0 Å². The van der Waals surface area contributed by atoms with Crippen LogP contribution in [-0.2, 0) is 16.6 Å². The monoisotopic (exact) mass is 437 g/mol. The summed E-state index contributed by atoms with van der Waals surface area (Å²) in [6, 6.07) is 12.8. The molecule has 0 atom stereocenters. The Morgan fingerprint density at radius 2 is 1.90 bits per heavy atom. The first kappa shape index (κ1) is 20.5. The van der Waals surface area contributed by atoms with Gasteiger partial charge in [0.2, 0.25) is 0 Å². The number of carbonyl (C=O) groups excluding carboxylic acids is 1. The second kappa shape index (κ2) is 8.19. The number of pyridine rings is 1. The molecule has 0 aliphatic heterocycles. The zero-order chi connectivity index (χ0) is 22.0. The summed E-state index contributed by atoms with van der Waals surface area (Å²) in [4.78, 5) is 16.9. The van der Waals surface area contributed by atoms with Gasteiger partial charge >= 0.3 is 0 Å². The number of ether oxygens (including phenoxy) is 1. The molecule has 4 rings (SSSR count). The van der Waals surface area contributed by atoms with Crippen molar-refractivity contribution in [1.82, 2.24) is 14.9 Å². The number of nitrogens with one attached hydrogen (secondary N) is 1. The Labute approximate surface area is 178 Å². The number of aryl methyl sites for hydroxylation is 2. The smallest absolute Gasteiger partial charge is 0.268 e. The average Bonchev–Trinajstić information content (AvgIpc) is 3.09. The summed E-state index contributed by atoms with van der Waals surface area (Å²) in [7, 11) is -4.13. The average molecular weight is 437 g/mol. The van der Waals surface area contributed by atoms with E-state index >= 15 is 0 Å². The van der Waals surface area contributed by atoms with Crippen molar-refractivity contribution in [2.24, 2.45) is 0 Å². The molecule has 2 aromatic heterocycles. The predicted octanol–water partition coefficient (Wildman–Crippen LogP) is 3.54. The van der Waals surface area contributed by atoms with Crippen molar-refractivity contribution in [3.63, 3.8) is 0 Å². The van der Waals surface area contributed by atoms with Gasteiger partial charge in [-0.2, -0.15) is 0 Å². The molecular weight excluding hydrogens is 418 g/mol. The first-order chi connectivity index (χ1) is 14.9. The number of hydrogen-bond acceptors (Lipinski definition) is 7. The fraction of sp³-hybridized carbons (Fsp3) is 0.136. The lowest BCUT2D eigenvalue weighted by molar-refractivity contribution is 0.0977. The molecule has 9 heteroatoms. The number of sulfonamides is 1. The Morgan fingerprint density at radius 3 is 2.68 bits per heavy atom. The summed E-state index contributed by atoms with van der Waals surface area (Å²) in [5.41, 5.74) is 1.55. The van der Waals surface area contributed by atoms with Gasteiger partial charge in [0.15, 0.2) is 0 Å². The molecule has 2 aromatic carbocycles. The van der Waals surface area contributed by atoms with Gasteiger partial charge in [-0.3, -0.25) is 9.78 Å². The summed E-state index contributed by atoms with van der Waals surface area (Å²) in [6.07, 6.45) is 3.06. The van der Waals surface area contributed by atoms with Gasteiger partial charge < -0.3 is 9.26 Å². The van der Waals surface area contributed by atoms with E-state index in [0.29, 0.717) is 22.2 Å². The molecule has 2 heterocycles. The van der Waals surface area contributed by atoms with Gasteiger partial charge in [-0.05, 0) is 38.1 Å². The lowest BCUT2D eigenvalue weighted by Crippen LogP contribution is -2.31. The molecule has 0 aliphatic carbocycles. The third kappa shape index (κ3) is 4.13. The number of amides is 1. The van der Waals surface area contributed by atoms with Crippen LogP contribution in [-0.4, -0.2) is 24.5 Å². The van der Waals surface area contributed by atoms with E-state index in [1.807, 2.05) is 0 Å². The minimum absolute atomic E-state index is 0.00475. The van der Waals surface area contributed by atoms with Gasteiger partial charge in [0.1, 0.15) is 18.1 Å². The van der Waals surface area contributed by atoms with E-state index in [1.54, 1.807) is 56.4 Å². The van der Waals surface area contributed by atoms with Crippen LogP contribution in [0, 0.1) is 13.8 Å². The van der Waals surface area contributed by atoms with Crippen molar-refractivity contribution >= 4 is 26.7 Å². The molecule has 1 amide bonds. The van der Waals surface area contributed by atoms with E-state index in [2.05, 4.69) is 14.9 Å². The topological polar surface area (TPSA) is 111 Å². The predicted molar refractivity (Wildman–Crippen MR) is 113 cm³/mol. The van der Waals surface area contributed by atoms with Crippen LogP contribution in [0.4, 0.5) is 0 Å². The molecule has 0 aliphatic rings. The Balaban J connectivity index is 1.60. The van der Waals surface area contributed by atoms with Crippen molar-refractivity contribution < 1.29 is 22.5 Å². The lowest BCUT2D eigenvalue weighted by atomic mass is 10.2. The maximum Gasteiger partial charge on any atom is 0.268 e. The van der Waals surface area contributed by atoms with Crippen LogP contribution in [0.5, 0.6) is 5.75 Å². The maximum atomic E-state index is 13.0. The van der Waals surface area contributed by atoms with Crippen LogP contribution in [0.25, 0.3) is 10.8 Å². The van der Waals surface area contributed by atoms with Crippen LogP contribution in [0.3, 0.4) is 0 Å². The molecule has 31 heavy (non-hydrogen) atoms. The molecule has 0 saturated carbocycles. The van der Waals surface area contributed by atoms with E-state index in [4.69, 9.17) is 9.26 Å². The Kier molecular flexibility index (Phi) is 5.43.